The molecule has 1 aromatic carbocycles. The second-order valence-electron chi connectivity index (χ2n) is 4.65. The quantitative estimate of drug-likeness (QED) is 0.678. The van der Waals surface area contributed by atoms with Gasteiger partial charge in [0.05, 0.1) is 13.2 Å². The Morgan fingerprint density at radius 2 is 1.67 bits per heavy atom. The lowest BCUT2D eigenvalue weighted by Gasteiger charge is -2.14. The molecule has 21 heavy (non-hydrogen) atoms. The molecule has 0 unspecified atom stereocenters. The van der Waals surface area contributed by atoms with Crippen LogP contribution in [0, 0.1) is 6.92 Å². The number of H-pyrrole nitrogens is 1. The monoisotopic (exact) mass is 289 g/mol. The highest BCUT2D eigenvalue weighted by atomic mass is 16.6. The summed E-state index contributed by atoms with van der Waals surface area (Å²) in [5.41, 5.74) is 2.27. The molecular weight excluding hydrogens is 270 g/mol. The van der Waals surface area contributed by atoms with E-state index in [1.54, 1.807) is 13.8 Å². The van der Waals surface area contributed by atoms with Gasteiger partial charge in [-0.3, -0.25) is 9.59 Å². The van der Waals surface area contributed by atoms with Crippen LogP contribution in [0.25, 0.3) is 10.9 Å². The molecular formula is C16H19NO4. The van der Waals surface area contributed by atoms with Crippen molar-refractivity contribution >= 4 is 22.8 Å². The first kappa shape index (κ1) is 15.1. The van der Waals surface area contributed by atoms with Gasteiger partial charge in [0.2, 0.25) is 0 Å². The average Bonchev–Trinajstić information content (AvgIpc) is 2.78. The molecule has 0 saturated carbocycles. The first-order valence-corrected chi connectivity index (χ1v) is 7.00. The van der Waals surface area contributed by atoms with E-state index in [0.29, 0.717) is 5.69 Å². The van der Waals surface area contributed by atoms with Crippen molar-refractivity contribution in [3.05, 3.63) is 35.5 Å². The molecule has 0 amide bonds. The first-order chi connectivity index (χ1) is 10.1. The predicted octanol–water partition coefficient (Wildman–Crippen LogP) is 2.69. The van der Waals surface area contributed by atoms with Crippen molar-refractivity contribution in [2.24, 2.45) is 0 Å². The summed E-state index contributed by atoms with van der Waals surface area (Å²) in [4.78, 5) is 27.4. The summed E-state index contributed by atoms with van der Waals surface area (Å²) in [6.07, 6.45) is 0. The number of esters is 2. The van der Waals surface area contributed by atoms with Gasteiger partial charge in [0, 0.05) is 16.6 Å². The van der Waals surface area contributed by atoms with Crippen LogP contribution in [0.3, 0.4) is 0 Å². The van der Waals surface area contributed by atoms with Gasteiger partial charge in [0.25, 0.3) is 0 Å². The van der Waals surface area contributed by atoms with Gasteiger partial charge in [0.1, 0.15) is 0 Å². The van der Waals surface area contributed by atoms with Gasteiger partial charge in [-0.15, -0.1) is 0 Å². The molecule has 0 aliphatic rings. The van der Waals surface area contributed by atoms with Gasteiger partial charge in [0.15, 0.2) is 5.92 Å². The number of hydrogen-bond donors (Lipinski definition) is 1. The summed E-state index contributed by atoms with van der Waals surface area (Å²) in [6, 6.07) is 7.65. The van der Waals surface area contributed by atoms with Crippen molar-refractivity contribution < 1.29 is 19.1 Å². The van der Waals surface area contributed by atoms with Gasteiger partial charge in [-0.1, -0.05) is 18.2 Å². The third-order valence-electron chi connectivity index (χ3n) is 3.34. The van der Waals surface area contributed by atoms with E-state index in [1.807, 2.05) is 31.2 Å². The summed E-state index contributed by atoms with van der Waals surface area (Å²) in [7, 11) is 0. The summed E-state index contributed by atoms with van der Waals surface area (Å²) in [6.45, 7) is 5.72. The van der Waals surface area contributed by atoms with Crippen molar-refractivity contribution in [2.45, 2.75) is 26.7 Å². The van der Waals surface area contributed by atoms with E-state index >= 15 is 0 Å². The largest absolute Gasteiger partial charge is 0.465 e. The fraction of sp³-hybridized carbons (Fsp3) is 0.375. The molecule has 1 heterocycles. The van der Waals surface area contributed by atoms with Crippen LogP contribution < -0.4 is 0 Å². The number of aromatic amines is 1. The minimum absolute atomic E-state index is 0.216. The van der Waals surface area contributed by atoms with E-state index in [0.717, 1.165) is 16.5 Å². The fourth-order valence-corrected chi connectivity index (χ4v) is 2.37. The van der Waals surface area contributed by atoms with Crippen molar-refractivity contribution in [3.63, 3.8) is 0 Å². The lowest BCUT2D eigenvalue weighted by atomic mass is 10.0. The molecule has 2 rings (SSSR count). The topological polar surface area (TPSA) is 68.4 Å². The summed E-state index contributed by atoms with van der Waals surface area (Å²) in [5.74, 6) is -2.26. The number of hydrogen-bond acceptors (Lipinski definition) is 4. The number of fused-ring (bicyclic) bond motifs is 1. The van der Waals surface area contributed by atoms with E-state index in [9.17, 15) is 9.59 Å². The zero-order valence-corrected chi connectivity index (χ0v) is 12.4. The molecule has 5 heteroatoms. The van der Waals surface area contributed by atoms with Gasteiger partial charge >= 0.3 is 11.9 Å². The summed E-state index contributed by atoms with van der Waals surface area (Å²) >= 11 is 0. The number of rotatable bonds is 5. The highest BCUT2D eigenvalue weighted by Crippen LogP contribution is 2.28. The maximum atomic E-state index is 12.1. The number of carbonyl (C=O) groups is 2. The Morgan fingerprint density at radius 3 is 2.19 bits per heavy atom. The molecule has 0 bridgehead atoms. The summed E-state index contributed by atoms with van der Waals surface area (Å²) < 4.78 is 10.0. The Morgan fingerprint density at radius 1 is 1.10 bits per heavy atom. The Balaban J connectivity index is 2.50. The Kier molecular flexibility index (Phi) is 4.62. The smallest absolute Gasteiger partial charge is 0.326 e. The van der Waals surface area contributed by atoms with Gasteiger partial charge in [-0.25, -0.2) is 0 Å². The highest BCUT2D eigenvalue weighted by molar-refractivity contribution is 6.02. The average molecular weight is 289 g/mol. The molecule has 0 spiro atoms. The van der Waals surface area contributed by atoms with E-state index < -0.39 is 17.9 Å². The Hall–Kier alpha value is -2.30. The van der Waals surface area contributed by atoms with Crippen LogP contribution in [-0.4, -0.2) is 30.1 Å². The third kappa shape index (κ3) is 2.91. The molecule has 0 saturated heterocycles. The molecule has 5 nitrogen and oxygen atoms in total. The number of benzene rings is 1. The van der Waals surface area contributed by atoms with E-state index in [-0.39, 0.29) is 13.2 Å². The minimum atomic E-state index is -1.07. The van der Waals surface area contributed by atoms with Crippen molar-refractivity contribution in [1.82, 2.24) is 4.98 Å². The van der Waals surface area contributed by atoms with E-state index in [4.69, 9.17) is 9.47 Å². The molecule has 1 aromatic heterocycles. The van der Waals surface area contributed by atoms with E-state index in [1.165, 1.54) is 0 Å². The fourth-order valence-electron chi connectivity index (χ4n) is 2.37. The van der Waals surface area contributed by atoms with Gasteiger partial charge in [-0.2, -0.15) is 0 Å². The minimum Gasteiger partial charge on any atom is -0.465 e. The first-order valence-electron chi connectivity index (χ1n) is 7.00. The number of aryl methyl sites for hydroxylation is 1. The normalized spacial score (nSPS) is 10.9. The second kappa shape index (κ2) is 6.43. The number of nitrogens with one attached hydrogen (secondary N) is 1. The Labute approximate surface area is 123 Å². The maximum Gasteiger partial charge on any atom is 0.326 e. The Bertz CT molecular complexity index is 641. The predicted molar refractivity (Wildman–Crippen MR) is 79.0 cm³/mol. The molecule has 0 fully saturated rings. The van der Waals surface area contributed by atoms with Crippen molar-refractivity contribution in [2.75, 3.05) is 13.2 Å². The van der Waals surface area contributed by atoms with Crippen LogP contribution in [0.15, 0.2) is 24.3 Å². The maximum absolute atomic E-state index is 12.1. The number of aromatic nitrogens is 1. The zero-order valence-electron chi connectivity index (χ0n) is 12.4. The highest BCUT2D eigenvalue weighted by Gasteiger charge is 2.34. The van der Waals surface area contributed by atoms with Crippen molar-refractivity contribution in [3.8, 4) is 0 Å². The molecule has 1 N–H and O–H groups in total. The molecule has 112 valence electrons. The van der Waals surface area contributed by atoms with Crippen LogP contribution in [0.5, 0.6) is 0 Å². The van der Waals surface area contributed by atoms with Crippen LogP contribution in [0.2, 0.25) is 0 Å². The lowest BCUT2D eigenvalue weighted by molar-refractivity contribution is -0.157. The number of carbonyl (C=O) groups excluding carboxylic acids is 2. The van der Waals surface area contributed by atoms with Crippen LogP contribution in [-0.2, 0) is 19.1 Å². The van der Waals surface area contributed by atoms with Crippen LogP contribution in [0.4, 0.5) is 0 Å². The second-order valence-corrected chi connectivity index (χ2v) is 4.65. The number of ether oxygens (including phenoxy) is 2. The SMILES string of the molecule is CCOC(=O)C(C(=O)OCC)c1[nH]c2ccccc2c1C. The zero-order chi connectivity index (χ0) is 15.4. The van der Waals surface area contributed by atoms with Gasteiger partial charge in [-0.05, 0) is 32.4 Å². The van der Waals surface area contributed by atoms with Crippen LogP contribution in [0.1, 0.15) is 31.0 Å². The van der Waals surface area contributed by atoms with Crippen molar-refractivity contribution in [1.29, 1.82) is 0 Å². The third-order valence-corrected chi connectivity index (χ3v) is 3.34. The molecule has 0 aliphatic carbocycles. The molecule has 0 radical (unpaired) electrons. The number of para-hydroxylation sites is 1. The molecule has 0 aliphatic heterocycles. The lowest BCUT2D eigenvalue weighted by Crippen LogP contribution is -2.27. The standard InChI is InChI=1S/C16H19NO4/c1-4-20-15(18)13(16(19)21-5-2)14-10(3)11-8-6-7-9-12(11)17-14/h6-9,13,17H,4-5H2,1-3H3. The molecule has 0 atom stereocenters. The van der Waals surface area contributed by atoms with Gasteiger partial charge < -0.3 is 14.5 Å². The summed E-state index contributed by atoms with van der Waals surface area (Å²) in [5, 5.41) is 0.978. The van der Waals surface area contributed by atoms with Crippen LogP contribution >= 0.6 is 0 Å². The van der Waals surface area contributed by atoms with E-state index in [2.05, 4.69) is 4.98 Å². The molecule has 2 aromatic rings.